The predicted octanol–water partition coefficient (Wildman–Crippen LogP) is 3.31. The fraction of sp³-hybridized carbons (Fsp3) is 0.538. The summed E-state index contributed by atoms with van der Waals surface area (Å²) in [5, 5.41) is 0. The zero-order valence-corrected chi connectivity index (χ0v) is 10.9. The Morgan fingerprint density at radius 2 is 1.62 bits per heavy atom. The van der Waals surface area contributed by atoms with Crippen LogP contribution in [0.5, 0.6) is 0 Å². The summed E-state index contributed by atoms with van der Waals surface area (Å²) in [6.07, 6.45) is 7.63. The molecule has 0 saturated carbocycles. The Morgan fingerprint density at radius 1 is 1.12 bits per heavy atom. The summed E-state index contributed by atoms with van der Waals surface area (Å²) in [6, 6.07) is 0. The molecule has 2 nitrogen and oxygen atoms in total. The van der Waals surface area contributed by atoms with Crippen LogP contribution in [-0.2, 0) is 9.31 Å². The van der Waals surface area contributed by atoms with Crippen LogP contribution in [0, 0.1) is 0 Å². The molecule has 1 fully saturated rings. The molecule has 0 amide bonds. The van der Waals surface area contributed by atoms with Gasteiger partial charge in [0.2, 0.25) is 0 Å². The topological polar surface area (TPSA) is 18.5 Å². The van der Waals surface area contributed by atoms with Gasteiger partial charge in [0, 0.05) is 0 Å². The zero-order chi connectivity index (χ0) is 12.4. The second kappa shape index (κ2) is 4.60. The highest BCUT2D eigenvalue weighted by atomic mass is 16.7. The van der Waals surface area contributed by atoms with Crippen molar-refractivity contribution in [2.45, 2.75) is 45.8 Å². The SMILES string of the molecule is C=C/C=C(\C=C/C)B1OC(C)(C)C(C)(C)O1. The average molecular weight is 220 g/mol. The van der Waals surface area contributed by atoms with Gasteiger partial charge in [-0.3, -0.25) is 0 Å². The summed E-state index contributed by atoms with van der Waals surface area (Å²) in [7, 11) is -0.306. The van der Waals surface area contributed by atoms with E-state index in [9.17, 15) is 0 Å². The molecule has 0 aromatic heterocycles. The van der Waals surface area contributed by atoms with Crippen LogP contribution in [0.15, 0.2) is 36.4 Å². The van der Waals surface area contributed by atoms with Crippen molar-refractivity contribution in [2.75, 3.05) is 0 Å². The third-order valence-corrected chi connectivity index (χ3v) is 3.19. The van der Waals surface area contributed by atoms with Crippen LogP contribution in [0.4, 0.5) is 0 Å². The fourth-order valence-corrected chi connectivity index (χ4v) is 1.52. The molecule has 0 aromatic carbocycles. The van der Waals surface area contributed by atoms with Crippen LogP contribution in [0.1, 0.15) is 34.6 Å². The molecule has 0 radical (unpaired) electrons. The van der Waals surface area contributed by atoms with Crippen molar-refractivity contribution in [1.82, 2.24) is 0 Å². The third-order valence-electron chi connectivity index (χ3n) is 3.19. The normalized spacial score (nSPS) is 24.1. The Morgan fingerprint density at radius 3 is 2.00 bits per heavy atom. The van der Waals surface area contributed by atoms with Gasteiger partial charge >= 0.3 is 7.12 Å². The largest absolute Gasteiger partial charge is 0.494 e. The van der Waals surface area contributed by atoms with Crippen molar-refractivity contribution < 1.29 is 9.31 Å². The molecule has 0 spiro atoms. The molecule has 1 rings (SSSR count). The van der Waals surface area contributed by atoms with Crippen LogP contribution in [0.3, 0.4) is 0 Å². The molecule has 0 bridgehead atoms. The van der Waals surface area contributed by atoms with Crippen molar-refractivity contribution in [3.8, 4) is 0 Å². The molecule has 1 heterocycles. The minimum absolute atomic E-state index is 0.292. The standard InChI is InChI=1S/C13H21BO2/c1-7-9-11(10-8-2)14-15-12(3,4)13(5,6)16-14/h7-10H,1H2,2-6H3/b10-8-,11-9+. The monoisotopic (exact) mass is 220 g/mol. The van der Waals surface area contributed by atoms with Gasteiger partial charge in [-0.15, -0.1) is 0 Å². The lowest BCUT2D eigenvalue weighted by Crippen LogP contribution is -2.41. The molecule has 0 aliphatic carbocycles. The van der Waals surface area contributed by atoms with E-state index in [4.69, 9.17) is 9.31 Å². The van der Waals surface area contributed by atoms with Gasteiger partial charge < -0.3 is 9.31 Å². The van der Waals surface area contributed by atoms with E-state index in [0.717, 1.165) is 5.47 Å². The summed E-state index contributed by atoms with van der Waals surface area (Å²) >= 11 is 0. The lowest BCUT2D eigenvalue weighted by atomic mass is 9.77. The second-order valence-corrected chi connectivity index (χ2v) is 4.99. The van der Waals surface area contributed by atoms with Crippen LogP contribution in [0.2, 0.25) is 0 Å². The summed E-state index contributed by atoms with van der Waals surface area (Å²) in [6.45, 7) is 13.9. The van der Waals surface area contributed by atoms with Crippen molar-refractivity contribution in [2.24, 2.45) is 0 Å². The number of hydrogen-bond donors (Lipinski definition) is 0. The third kappa shape index (κ3) is 2.47. The molecule has 1 aliphatic rings. The first kappa shape index (κ1) is 13.3. The number of allylic oxidation sites excluding steroid dienone is 5. The Kier molecular flexibility index (Phi) is 3.82. The molecule has 0 atom stereocenters. The average Bonchev–Trinajstić information content (AvgIpc) is 2.36. The first-order valence-corrected chi connectivity index (χ1v) is 5.65. The lowest BCUT2D eigenvalue weighted by Gasteiger charge is -2.32. The smallest absolute Gasteiger partial charge is 0.399 e. The van der Waals surface area contributed by atoms with E-state index in [2.05, 4.69) is 6.58 Å². The highest BCUT2D eigenvalue weighted by Gasteiger charge is 2.51. The lowest BCUT2D eigenvalue weighted by molar-refractivity contribution is 0.00578. The van der Waals surface area contributed by atoms with E-state index in [1.165, 1.54) is 0 Å². The molecule has 16 heavy (non-hydrogen) atoms. The number of rotatable bonds is 3. The summed E-state index contributed by atoms with van der Waals surface area (Å²) in [4.78, 5) is 0. The van der Waals surface area contributed by atoms with Crippen molar-refractivity contribution in [3.05, 3.63) is 36.4 Å². The first-order valence-electron chi connectivity index (χ1n) is 5.65. The molecular formula is C13H21BO2. The van der Waals surface area contributed by atoms with Crippen molar-refractivity contribution >= 4 is 7.12 Å². The van der Waals surface area contributed by atoms with Crippen LogP contribution >= 0.6 is 0 Å². The van der Waals surface area contributed by atoms with Gasteiger partial charge in [-0.1, -0.05) is 30.9 Å². The highest BCUT2D eigenvalue weighted by molar-refractivity contribution is 6.55. The van der Waals surface area contributed by atoms with E-state index < -0.39 is 0 Å². The van der Waals surface area contributed by atoms with Gasteiger partial charge in [0.25, 0.3) is 0 Å². The summed E-state index contributed by atoms with van der Waals surface area (Å²) < 4.78 is 11.9. The van der Waals surface area contributed by atoms with Gasteiger partial charge in [-0.25, -0.2) is 0 Å². The van der Waals surface area contributed by atoms with Crippen LogP contribution in [0.25, 0.3) is 0 Å². The zero-order valence-electron chi connectivity index (χ0n) is 10.9. The molecular weight excluding hydrogens is 199 g/mol. The summed E-state index contributed by atoms with van der Waals surface area (Å²) in [5.74, 6) is 0. The molecule has 0 aromatic rings. The molecule has 1 aliphatic heterocycles. The van der Waals surface area contributed by atoms with Crippen molar-refractivity contribution in [3.63, 3.8) is 0 Å². The molecule has 88 valence electrons. The van der Waals surface area contributed by atoms with Gasteiger partial charge in [-0.05, 0) is 40.1 Å². The maximum atomic E-state index is 5.94. The maximum absolute atomic E-state index is 5.94. The van der Waals surface area contributed by atoms with Gasteiger partial charge in [0.1, 0.15) is 0 Å². The molecule has 3 heteroatoms. The Bertz CT molecular complexity index is 311. The molecule has 1 saturated heterocycles. The molecule has 0 N–H and O–H groups in total. The Hall–Kier alpha value is -0.795. The van der Waals surface area contributed by atoms with Crippen LogP contribution in [-0.4, -0.2) is 18.3 Å². The fourth-order valence-electron chi connectivity index (χ4n) is 1.52. The van der Waals surface area contributed by atoms with E-state index in [-0.39, 0.29) is 18.3 Å². The van der Waals surface area contributed by atoms with E-state index in [0.29, 0.717) is 0 Å². The van der Waals surface area contributed by atoms with Gasteiger partial charge in [0.05, 0.1) is 11.2 Å². The van der Waals surface area contributed by atoms with Crippen molar-refractivity contribution in [1.29, 1.82) is 0 Å². The van der Waals surface area contributed by atoms with Gasteiger partial charge in [-0.2, -0.15) is 0 Å². The predicted molar refractivity (Wildman–Crippen MR) is 69.2 cm³/mol. The van der Waals surface area contributed by atoms with E-state index >= 15 is 0 Å². The minimum Gasteiger partial charge on any atom is -0.399 e. The Balaban J connectivity index is 2.93. The Labute approximate surface area is 99.2 Å². The first-order chi connectivity index (χ1) is 7.34. The number of hydrogen-bond acceptors (Lipinski definition) is 2. The molecule has 0 unspecified atom stereocenters. The minimum atomic E-state index is -0.306. The maximum Gasteiger partial charge on any atom is 0.494 e. The highest BCUT2D eigenvalue weighted by Crippen LogP contribution is 2.38. The van der Waals surface area contributed by atoms with Gasteiger partial charge in [0.15, 0.2) is 0 Å². The quantitative estimate of drug-likeness (QED) is 0.536. The van der Waals surface area contributed by atoms with Crippen LogP contribution < -0.4 is 0 Å². The van der Waals surface area contributed by atoms with E-state index in [1.54, 1.807) is 6.08 Å². The summed E-state index contributed by atoms with van der Waals surface area (Å²) in [5.41, 5.74) is 0.412. The van der Waals surface area contributed by atoms with E-state index in [1.807, 2.05) is 52.8 Å². The second-order valence-electron chi connectivity index (χ2n) is 4.99.